The molecule has 2 aromatic heterocycles. The molecule has 0 aliphatic rings. The Morgan fingerprint density at radius 3 is 2.67 bits per heavy atom. The van der Waals surface area contributed by atoms with Crippen LogP contribution in [0.3, 0.4) is 0 Å². The van der Waals surface area contributed by atoms with Crippen LogP contribution in [0.1, 0.15) is 5.56 Å². The van der Waals surface area contributed by atoms with Gasteiger partial charge in [0.25, 0.3) is 0 Å². The Labute approximate surface area is 127 Å². The highest BCUT2D eigenvalue weighted by Crippen LogP contribution is 2.21. The molecule has 0 fully saturated rings. The molecule has 5 nitrogen and oxygen atoms in total. The van der Waals surface area contributed by atoms with Crippen molar-refractivity contribution in [3.05, 3.63) is 47.7 Å². The minimum Gasteiger partial charge on any atom is -0.320 e. The quantitative estimate of drug-likeness (QED) is 0.696. The van der Waals surface area contributed by atoms with Crippen LogP contribution in [0.2, 0.25) is 0 Å². The predicted molar refractivity (Wildman–Crippen MR) is 85.3 cm³/mol. The van der Waals surface area contributed by atoms with E-state index < -0.39 is 0 Å². The normalized spacial score (nSPS) is 12.2. The van der Waals surface area contributed by atoms with Crippen LogP contribution in [-0.4, -0.2) is 32.4 Å². The van der Waals surface area contributed by atoms with Crippen molar-refractivity contribution in [1.29, 1.82) is 0 Å². The summed E-state index contributed by atoms with van der Waals surface area (Å²) in [6.45, 7) is 0.786. The predicted octanol–water partition coefficient (Wildman–Crippen LogP) is 2.07. The lowest BCUT2D eigenvalue weighted by atomic mass is 10.2. The van der Waals surface area contributed by atoms with Gasteiger partial charge in [0.2, 0.25) is 0 Å². The van der Waals surface area contributed by atoms with Gasteiger partial charge in [-0.3, -0.25) is 4.99 Å². The van der Waals surface area contributed by atoms with Crippen LogP contribution in [0.4, 0.5) is 0 Å². The highest BCUT2D eigenvalue weighted by Gasteiger charge is 2.14. The Hall–Kier alpha value is -2.08. The molecular formula is C15H17N5S. The fourth-order valence-corrected chi connectivity index (χ4v) is 2.97. The van der Waals surface area contributed by atoms with Crippen LogP contribution in [0.5, 0.6) is 0 Å². The Balaban J connectivity index is 2.26. The zero-order chi connectivity index (χ0) is 14.8. The standard InChI is InChI=1S/C15H17N5S/c1-16-13-12-14(19(2)10-17-13)20(15(18-12)21-3)9-11-7-5-4-6-8-11/h4-8,10H,9H2,1-3H3. The van der Waals surface area contributed by atoms with Gasteiger partial charge in [0, 0.05) is 14.1 Å². The molecule has 3 aromatic rings. The Morgan fingerprint density at radius 1 is 1.24 bits per heavy atom. The number of fused-ring (bicyclic) bond motifs is 1. The summed E-state index contributed by atoms with van der Waals surface area (Å²) in [6.07, 6.45) is 3.83. The average Bonchev–Trinajstić information content (AvgIpc) is 2.88. The first-order valence-corrected chi connectivity index (χ1v) is 7.89. The van der Waals surface area contributed by atoms with E-state index >= 15 is 0 Å². The number of aryl methyl sites for hydroxylation is 1. The molecule has 6 heteroatoms. The van der Waals surface area contributed by atoms with E-state index in [0.29, 0.717) is 5.49 Å². The molecule has 0 saturated heterocycles. The van der Waals surface area contributed by atoms with Gasteiger partial charge < -0.3 is 9.13 Å². The first-order chi connectivity index (χ1) is 10.2. The molecule has 0 aliphatic carbocycles. The van der Waals surface area contributed by atoms with Crippen molar-refractivity contribution in [2.24, 2.45) is 12.0 Å². The molecule has 0 N–H and O–H groups in total. The number of aromatic nitrogens is 4. The number of hydrogen-bond donors (Lipinski definition) is 0. The highest BCUT2D eigenvalue weighted by molar-refractivity contribution is 7.98. The van der Waals surface area contributed by atoms with Gasteiger partial charge >= 0.3 is 0 Å². The summed E-state index contributed by atoms with van der Waals surface area (Å²) in [6, 6.07) is 10.4. The SMILES string of the molecule is CN=c1ncn(C)c2c1nc(SC)n2Cc1ccccc1. The maximum absolute atomic E-state index is 4.71. The molecule has 0 bridgehead atoms. The summed E-state index contributed by atoms with van der Waals surface area (Å²) >= 11 is 1.64. The molecule has 0 radical (unpaired) electrons. The Morgan fingerprint density at radius 2 is 2.00 bits per heavy atom. The number of hydrogen-bond acceptors (Lipinski definition) is 4. The van der Waals surface area contributed by atoms with Crippen molar-refractivity contribution < 1.29 is 0 Å². The minimum atomic E-state index is 0.685. The first kappa shape index (κ1) is 13.9. The number of thioether (sulfide) groups is 1. The van der Waals surface area contributed by atoms with Gasteiger partial charge in [-0.1, -0.05) is 42.1 Å². The van der Waals surface area contributed by atoms with E-state index in [1.54, 1.807) is 25.1 Å². The van der Waals surface area contributed by atoms with Crippen molar-refractivity contribution in [2.45, 2.75) is 11.7 Å². The second-order valence-electron chi connectivity index (χ2n) is 4.75. The van der Waals surface area contributed by atoms with Gasteiger partial charge in [0.15, 0.2) is 16.2 Å². The molecule has 108 valence electrons. The number of benzene rings is 1. The van der Waals surface area contributed by atoms with Gasteiger partial charge in [0.05, 0.1) is 12.9 Å². The van der Waals surface area contributed by atoms with Crippen LogP contribution in [0.25, 0.3) is 11.2 Å². The van der Waals surface area contributed by atoms with E-state index in [2.05, 4.69) is 38.8 Å². The molecule has 0 unspecified atom stereocenters. The number of imidazole rings is 1. The van der Waals surface area contributed by atoms with Gasteiger partial charge in [-0.05, 0) is 11.8 Å². The van der Waals surface area contributed by atoms with Crippen LogP contribution in [0.15, 0.2) is 46.8 Å². The average molecular weight is 299 g/mol. The Bertz CT molecular complexity index is 832. The molecule has 0 atom stereocenters. The number of rotatable bonds is 3. The topological polar surface area (TPSA) is 48.0 Å². The minimum absolute atomic E-state index is 0.685. The molecule has 0 amide bonds. The van der Waals surface area contributed by atoms with Crippen LogP contribution in [-0.2, 0) is 13.6 Å². The van der Waals surface area contributed by atoms with Crippen LogP contribution in [0, 0.1) is 0 Å². The summed E-state index contributed by atoms with van der Waals surface area (Å²) < 4.78 is 4.21. The van der Waals surface area contributed by atoms with E-state index in [4.69, 9.17) is 4.98 Å². The third kappa shape index (κ3) is 2.47. The lowest BCUT2D eigenvalue weighted by molar-refractivity contribution is 0.704. The summed E-state index contributed by atoms with van der Waals surface area (Å²) in [5.74, 6) is 0. The molecule has 0 aliphatic heterocycles. The second kappa shape index (κ2) is 5.73. The molecule has 3 rings (SSSR count). The van der Waals surface area contributed by atoms with Gasteiger partial charge in [0.1, 0.15) is 5.65 Å². The molecular weight excluding hydrogens is 282 g/mol. The van der Waals surface area contributed by atoms with Gasteiger partial charge in [-0.15, -0.1) is 0 Å². The molecule has 21 heavy (non-hydrogen) atoms. The fourth-order valence-electron chi connectivity index (χ4n) is 2.42. The van der Waals surface area contributed by atoms with Gasteiger partial charge in [-0.2, -0.15) is 0 Å². The first-order valence-electron chi connectivity index (χ1n) is 6.67. The van der Waals surface area contributed by atoms with Crippen molar-refractivity contribution >= 4 is 22.9 Å². The van der Waals surface area contributed by atoms with E-state index in [1.807, 2.05) is 23.9 Å². The van der Waals surface area contributed by atoms with Crippen molar-refractivity contribution in [3.63, 3.8) is 0 Å². The van der Waals surface area contributed by atoms with E-state index in [-0.39, 0.29) is 0 Å². The smallest absolute Gasteiger partial charge is 0.178 e. The number of nitrogens with zero attached hydrogens (tertiary/aromatic N) is 5. The lowest BCUT2D eigenvalue weighted by Crippen LogP contribution is -2.14. The molecule has 2 heterocycles. The van der Waals surface area contributed by atoms with Crippen molar-refractivity contribution in [1.82, 2.24) is 19.1 Å². The monoisotopic (exact) mass is 299 g/mol. The summed E-state index contributed by atoms with van der Waals surface area (Å²) in [5.41, 5.74) is 3.82. The molecule has 1 aromatic carbocycles. The van der Waals surface area contributed by atoms with Crippen molar-refractivity contribution in [3.8, 4) is 0 Å². The van der Waals surface area contributed by atoms with Gasteiger partial charge in [-0.25, -0.2) is 9.97 Å². The van der Waals surface area contributed by atoms with E-state index in [0.717, 1.165) is 22.9 Å². The summed E-state index contributed by atoms with van der Waals surface area (Å²) in [7, 11) is 3.73. The third-order valence-electron chi connectivity index (χ3n) is 3.38. The lowest BCUT2D eigenvalue weighted by Gasteiger charge is -2.10. The largest absolute Gasteiger partial charge is 0.320 e. The van der Waals surface area contributed by atoms with E-state index in [1.165, 1.54) is 5.56 Å². The third-order valence-corrected chi connectivity index (χ3v) is 4.06. The highest BCUT2D eigenvalue weighted by atomic mass is 32.2. The molecule has 0 saturated carbocycles. The summed E-state index contributed by atoms with van der Waals surface area (Å²) in [5, 5.41) is 0.974. The maximum Gasteiger partial charge on any atom is 0.178 e. The second-order valence-corrected chi connectivity index (χ2v) is 5.52. The zero-order valence-corrected chi connectivity index (χ0v) is 13.1. The zero-order valence-electron chi connectivity index (χ0n) is 12.3. The van der Waals surface area contributed by atoms with Crippen LogP contribution >= 0.6 is 11.8 Å². The van der Waals surface area contributed by atoms with E-state index in [9.17, 15) is 0 Å². The van der Waals surface area contributed by atoms with Crippen LogP contribution < -0.4 is 5.49 Å². The maximum atomic E-state index is 4.71. The molecule has 0 spiro atoms. The fraction of sp³-hybridized carbons (Fsp3) is 0.267. The Kier molecular flexibility index (Phi) is 3.79. The summed E-state index contributed by atoms with van der Waals surface area (Å²) in [4.78, 5) is 13.3. The van der Waals surface area contributed by atoms with Crippen molar-refractivity contribution in [2.75, 3.05) is 13.3 Å².